The van der Waals surface area contributed by atoms with E-state index in [2.05, 4.69) is 11.8 Å². The van der Waals surface area contributed by atoms with Gasteiger partial charge in [-0.3, -0.25) is 4.90 Å². The predicted octanol–water partition coefficient (Wildman–Crippen LogP) is 2.95. The molecule has 2 nitrogen and oxygen atoms in total. The van der Waals surface area contributed by atoms with Gasteiger partial charge in [-0.2, -0.15) is 0 Å². The Morgan fingerprint density at radius 1 is 1.37 bits per heavy atom. The second kappa shape index (κ2) is 5.22. The van der Waals surface area contributed by atoms with Crippen LogP contribution >= 0.6 is 0 Å². The number of piperidine rings is 1. The molecule has 4 unspecified atom stereocenters. The van der Waals surface area contributed by atoms with Gasteiger partial charge in [0.15, 0.2) is 0 Å². The van der Waals surface area contributed by atoms with Crippen molar-refractivity contribution in [1.29, 1.82) is 0 Å². The highest BCUT2D eigenvalue weighted by atomic mass is 19.1. The van der Waals surface area contributed by atoms with Gasteiger partial charge in [0.2, 0.25) is 0 Å². The van der Waals surface area contributed by atoms with E-state index in [1.54, 1.807) is 6.07 Å². The summed E-state index contributed by atoms with van der Waals surface area (Å²) in [6.45, 7) is 4.36. The Morgan fingerprint density at radius 2 is 2.16 bits per heavy atom. The quantitative estimate of drug-likeness (QED) is 0.904. The van der Waals surface area contributed by atoms with Crippen molar-refractivity contribution in [3.63, 3.8) is 0 Å². The number of halogens is 1. The lowest BCUT2D eigenvalue weighted by Crippen LogP contribution is -2.38. The smallest absolute Gasteiger partial charge is 0.127 e. The van der Waals surface area contributed by atoms with E-state index < -0.39 is 0 Å². The molecule has 1 aromatic rings. The summed E-state index contributed by atoms with van der Waals surface area (Å²) in [6, 6.07) is 7.45. The third-order valence-corrected chi connectivity index (χ3v) is 4.92. The molecular formula is C16H23FN2. The number of nitrogens with zero attached hydrogens (tertiary/aromatic N) is 1. The van der Waals surface area contributed by atoms with Crippen LogP contribution in [0.15, 0.2) is 24.3 Å². The Morgan fingerprint density at radius 3 is 2.79 bits per heavy atom. The van der Waals surface area contributed by atoms with E-state index in [1.807, 2.05) is 12.1 Å². The van der Waals surface area contributed by atoms with E-state index in [-0.39, 0.29) is 17.8 Å². The summed E-state index contributed by atoms with van der Waals surface area (Å²) >= 11 is 0. The van der Waals surface area contributed by atoms with Crippen LogP contribution in [0.2, 0.25) is 0 Å². The van der Waals surface area contributed by atoms with Gasteiger partial charge in [0.1, 0.15) is 5.82 Å². The Balaban J connectivity index is 1.64. The molecule has 1 saturated carbocycles. The monoisotopic (exact) mass is 262 g/mol. The van der Waals surface area contributed by atoms with Gasteiger partial charge in [0.25, 0.3) is 0 Å². The standard InChI is InChI=1S/C16H23FN2/c1-11(9-19-10-12-6-7-13(19)8-12)16(18)14-4-2-3-5-15(14)17/h2-5,11-13,16H,6-10,18H2,1H3. The number of nitrogens with two attached hydrogens (primary N) is 1. The Hall–Kier alpha value is -0.930. The number of likely N-dealkylation sites (tertiary alicyclic amines) is 1. The summed E-state index contributed by atoms with van der Waals surface area (Å²) in [7, 11) is 0. The molecule has 4 atom stereocenters. The molecule has 0 radical (unpaired) electrons. The van der Waals surface area contributed by atoms with Gasteiger partial charge in [0.05, 0.1) is 0 Å². The highest BCUT2D eigenvalue weighted by Gasteiger charge is 2.38. The van der Waals surface area contributed by atoms with Crippen molar-refractivity contribution in [3.8, 4) is 0 Å². The molecule has 0 spiro atoms. The van der Waals surface area contributed by atoms with Gasteiger partial charge in [0, 0.05) is 30.7 Å². The van der Waals surface area contributed by atoms with Gasteiger partial charge in [-0.25, -0.2) is 4.39 Å². The zero-order valence-corrected chi connectivity index (χ0v) is 11.6. The van der Waals surface area contributed by atoms with Crippen LogP contribution in [0.4, 0.5) is 4.39 Å². The van der Waals surface area contributed by atoms with Crippen LogP contribution in [0, 0.1) is 17.7 Å². The van der Waals surface area contributed by atoms with Gasteiger partial charge < -0.3 is 5.73 Å². The number of benzene rings is 1. The first-order chi connectivity index (χ1) is 9.15. The summed E-state index contributed by atoms with van der Waals surface area (Å²) in [4.78, 5) is 2.57. The summed E-state index contributed by atoms with van der Waals surface area (Å²) in [5.41, 5.74) is 6.90. The van der Waals surface area contributed by atoms with Crippen LogP contribution in [0.5, 0.6) is 0 Å². The van der Waals surface area contributed by atoms with Crippen LogP contribution in [-0.4, -0.2) is 24.0 Å². The topological polar surface area (TPSA) is 29.3 Å². The third-order valence-electron chi connectivity index (χ3n) is 4.92. The summed E-state index contributed by atoms with van der Waals surface area (Å²) < 4.78 is 13.8. The average Bonchev–Trinajstić information content (AvgIpc) is 3.00. The van der Waals surface area contributed by atoms with Crippen LogP contribution in [-0.2, 0) is 0 Å². The van der Waals surface area contributed by atoms with Gasteiger partial charge in [-0.05, 0) is 37.2 Å². The number of hydrogen-bond acceptors (Lipinski definition) is 2. The maximum absolute atomic E-state index is 13.8. The minimum Gasteiger partial charge on any atom is -0.324 e. The molecule has 3 rings (SSSR count). The van der Waals surface area contributed by atoms with Crippen molar-refractivity contribution >= 4 is 0 Å². The maximum Gasteiger partial charge on any atom is 0.127 e. The van der Waals surface area contributed by atoms with Crippen molar-refractivity contribution in [2.45, 2.75) is 38.3 Å². The van der Waals surface area contributed by atoms with E-state index in [1.165, 1.54) is 31.9 Å². The van der Waals surface area contributed by atoms with Gasteiger partial charge in [-0.1, -0.05) is 25.1 Å². The lowest BCUT2D eigenvalue weighted by atomic mass is 9.94. The second-order valence-electron chi connectivity index (χ2n) is 6.31. The second-order valence-corrected chi connectivity index (χ2v) is 6.31. The first kappa shape index (κ1) is 13.1. The molecule has 3 heteroatoms. The predicted molar refractivity (Wildman–Crippen MR) is 75.2 cm³/mol. The minimum atomic E-state index is -0.208. The normalized spacial score (nSPS) is 29.6. The van der Waals surface area contributed by atoms with Crippen LogP contribution in [0.3, 0.4) is 0 Å². The summed E-state index contributed by atoms with van der Waals surface area (Å²) in [6.07, 6.45) is 4.10. The molecule has 0 aromatic heterocycles. The SMILES string of the molecule is CC(CN1CC2CCC1C2)C(N)c1ccccc1F. The summed E-state index contributed by atoms with van der Waals surface area (Å²) in [5, 5.41) is 0. The first-order valence-electron chi connectivity index (χ1n) is 7.39. The van der Waals surface area contributed by atoms with Crippen molar-refractivity contribution in [2.75, 3.05) is 13.1 Å². The Kier molecular flexibility index (Phi) is 3.59. The fraction of sp³-hybridized carbons (Fsp3) is 0.625. The molecule has 2 N–H and O–H groups in total. The Bertz CT molecular complexity index is 448. The van der Waals surface area contributed by atoms with Crippen molar-refractivity contribution in [1.82, 2.24) is 4.90 Å². The van der Waals surface area contributed by atoms with E-state index >= 15 is 0 Å². The Labute approximate surface area is 114 Å². The van der Waals surface area contributed by atoms with E-state index in [0.717, 1.165) is 18.5 Å². The van der Waals surface area contributed by atoms with Gasteiger partial charge in [-0.15, -0.1) is 0 Å². The van der Waals surface area contributed by atoms with E-state index in [0.29, 0.717) is 5.56 Å². The molecule has 2 fully saturated rings. The average molecular weight is 262 g/mol. The zero-order valence-electron chi connectivity index (χ0n) is 11.6. The molecule has 1 heterocycles. The third kappa shape index (κ3) is 2.54. The lowest BCUT2D eigenvalue weighted by Gasteiger charge is -2.31. The molecule has 2 aliphatic rings. The minimum absolute atomic E-state index is 0.176. The van der Waals surface area contributed by atoms with Crippen LogP contribution in [0.25, 0.3) is 0 Å². The lowest BCUT2D eigenvalue weighted by molar-refractivity contribution is 0.176. The highest BCUT2D eigenvalue weighted by Crippen LogP contribution is 2.38. The van der Waals surface area contributed by atoms with Crippen molar-refractivity contribution < 1.29 is 4.39 Å². The van der Waals surface area contributed by atoms with Crippen LogP contribution in [0.1, 0.15) is 37.8 Å². The molecule has 2 bridgehead atoms. The molecule has 1 saturated heterocycles. The summed E-state index contributed by atoms with van der Waals surface area (Å²) in [5.74, 6) is 1.02. The zero-order chi connectivity index (χ0) is 13.4. The van der Waals surface area contributed by atoms with E-state index in [4.69, 9.17) is 5.73 Å². The molecule has 1 aliphatic heterocycles. The molecule has 19 heavy (non-hydrogen) atoms. The molecular weight excluding hydrogens is 239 g/mol. The molecule has 104 valence electrons. The largest absolute Gasteiger partial charge is 0.324 e. The van der Waals surface area contributed by atoms with Crippen molar-refractivity contribution in [2.24, 2.45) is 17.6 Å². The van der Waals surface area contributed by atoms with Gasteiger partial charge >= 0.3 is 0 Å². The number of hydrogen-bond donors (Lipinski definition) is 1. The molecule has 1 aromatic carbocycles. The highest BCUT2D eigenvalue weighted by molar-refractivity contribution is 5.21. The number of rotatable bonds is 4. The van der Waals surface area contributed by atoms with Crippen molar-refractivity contribution in [3.05, 3.63) is 35.6 Å². The van der Waals surface area contributed by atoms with Crippen LogP contribution < -0.4 is 5.73 Å². The maximum atomic E-state index is 13.8. The first-order valence-corrected chi connectivity index (χ1v) is 7.39. The molecule has 1 aliphatic carbocycles. The fourth-order valence-electron chi connectivity index (χ4n) is 3.79. The fourth-order valence-corrected chi connectivity index (χ4v) is 3.79. The molecule has 0 amide bonds. The van der Waals surface area contributed by atoms with E-state index in [9.17, 15) is 4.39 Å². The number of fused-ring (bicyclic) bond motifs is 2.